The number of benzene rings is 2. The number of rotatable bonds is 4. The zero-order valence-corrected chi connectivity index (χ0v) is 12.3. The number of aromatic nitrogens is 1. The fourth-order valence-electron chi connectivity index (χ4n) is 2.37. The molecule has 0 bridgehead atoms. The van der Waals surface area contributed by atoms with Crippen molar-refractivity contribution in [2.75, 3.05) is 11.4 Å². The van der Waals surface area contributed by atoms with Crippen LogP contribution in [0, 0.1) is 6.92 Å². The van der Waals surface area contributed by atoms with Crippen LogP contribution < -0.4 is 4.90 Å². The number of anilines is 1. The van der Waals surface area contributed by atoms with Crippen LogP contribution in [0.5, 0.6) is 0 Å². The summed E-state index contributed by atoms with van der Waals surface area (Å²) >= 11 is 0. The van der Waals surface area contributed by atoms with Gasteiger partial charge in [-0.1, -0.05) is 24.3 Å². The molecule has 4 nitrogen and oxygen atoms in total. The molecule has 2 aromatic carbocycles. The van der Waals surface area contributed by atoms with Crippen LogP contribution in [0.4, 0.5) is 5.69 Å². The average Bonchev–Trinajstić information content (AvgIpc) is 2.92. The van der Waals surface area contributed by atoms with Crippen LogP contribution in [0.3, 0.4) is 0 Å². The Labute approximate surface area is 128 Å². The predicted molar refractivity (Wildman–Crippen MR) is 87.1 cm³/mol. The predicted octanol–water partition coefficient (Wildman–Crippen LogP) is 3.97. The summed E-state index contributed by atoms with van der Waals surface area (Å²) in [4.78, 5) is 18.8. The summed E-state index contributed by atoms with van der Waals surface area (Å²) in [6, 6.07) is 14.8. The summed E-state index contributed by atoms with van der Waals surface area (Å²) in [6.45, 7) is 5.96. The average molecular weight is 292 g/mol. The van der Waals surface area contributed by atoms with Gasteiger partial charge in [-0.05, 0) is 30.3 Å². The Morgan fingerprint density at radius 2 is 2.05 bits per heavy atom. The molecule has 1 aromatic heterocycles. The van der Waals surface area contributed by atoms with Crippen molar-refractivity contribution in [3.05, 3.63) is 72.6 Å². The Balaban J connectivity index is 1.99. The van der Waals surface area contributed by atoms with Crippen molar-refractivity contribution in [1.82, 2.24) is 4.98 Å². The van der Waals surface area contributed by atoms with Gasteiger partial charge in [0.05, 0.1) is 0 Å². The van der Waals surface area contributed by atoms with Crippen molar-refractivity contribution in [3.8, 4) is 0 Å². The summed E-state index contributed by atoms with van der Waals surface area (Å²) in [7, 11) is 0. The summed E-state index contributed by atoms with van der Waals surface area (Å²) in [5, 5.41) is 0. The van der Waals surface area contributed by atoms with Crippen molar-refractivity contribution >= 4 is 22.7 Å². The lowest BCUT2D eigenvalue weighted by atomic mass is 10.1. The molecule has 22 heavy (non-hydrogen) atoms. The number of carbonyl (C=O) groups excluding carboxylic acids is 1. The smallest absolute Gasteiger partial charge is 0.258 e. The molecule has 0 saturated heterocycles. The van der Waals surface area contributed by atoms with E-state index < -0.39 is 0 Å². The quantitative estimate of drug-likeness (QED) is 0.684. The number of hydrogen-bond acceptors (Lipinski definition) is 3. The van der Waals surface area contributed by atoms with E-state index in [2.05, 4.69) is 11.6 Å². The van der Waals surface area contributed by atoms with Crippen molar-refractivity contribution in [3.63, 3.8) is 0 Å². The number of fused-ring (bicyclic) bond motifs is 1. The van der Waals surface area contributed by atoms with Crippen LogP contribution in [0.1, 0.15) is 16.2 Å². The molecule has 4 heteroatoms. The Bertz CT molecular complexity index is 821. The van der Waals surface area contributed by atoms with Crippen LogP contribution in [-0.4, -0.2) is 17.4 Å². The van der Waals surface area contributed by atoms with Crippen LogP contribution in [0.15, 0.2) is 65.6 Å². The summed E-state index contributed by atoms with van der Waals surface area (Å²) in [5.41, 5.74) is 2.79. The molecule has 0 unspecified atom stereocenters. The fraction of sp³-hybridized carbons (Fsp3) is 0.111. The number of amides is 1. The minimum absolute atomic E-state index is 0.0892. The third-order valence-electron chi connectivity index (χ3n) is 3.37. The maximum absolute atomic E-state index is 12.8. The molecule has 0 N–H and O–H groups in total. The maximum Gasteiger partial charge on any atom is 0.258 e. The van der Waals surface area contributed by atoms with Crippen LogP contribution in [-0.2, 0) is 0 Å². The third-order valence-corrected chi connectivity index (χ3v) is 3.37. The molecule has 0 spiro atoms. The standard InChI is InChI=1S/C18H16N2O2/c1-3-11-20(15-7-5-4-6-8-15)18(21)14-9-10-17-16(12-14)19-13(2)22-17/h3-10,12H,1,11H2,2H3. The SMILES string of the molecule is C=CCN(C(=O)c1ccc2oc(C)nc2c1)c1ccccc1. The molecule has 0 radical (unpaired) electrons. The largest absolute Gasteiger partial charge is 0.441 e. The Hall–Kier alpha value is -2.88. The van der Waals surface area contributed by atoms with Gasteiger partial charge in [0, 0.05) is 24.7 Å². The molecule has 3 rings (SSSR count). The lowest BCUT2D eigenvalue weighted by Crippen LogP contribution is -2.30. The van der Waals surface area contributed by atoms with Gasteiger partial charge in [0.1, 0.15) is 5.52 Å². The summed E-state index contributed by atoms with van der Waals surface area (Å²) in [6.07, 6.45) is 1.71. The van der Waals surface area contributed by atoms with Gasteiger partial charge >= 0.3 is 0 Å². The monoisotopic (exact) mass is 292 g/mol. The molecule has 0 atom stereocenters. The molecule has 1 amide bonds. The van der Waals surface area contributed by atoms with Crippen molar-refractivity contribution in [1.29, 1.82) is 0 Å². The van der Waals surface area contributed by atoms with Crippen LogP contribution in [0.25, 0.3) is 11.1 Å². The highest BCUT2D eigenvalue weighted by Gasteiger charge is 2.17. The van der Waals surface area contributed by atoms with Gasteiger partial charge in [-0.3, -0.25) is 4.79 Å². The van der Waals surface area contributed by atoms with E-state index in [0.29, 0.717) is 29.1 Å². The highest BCUT2D eigenvalue weighted by atomic mass is 16.3. The van der Waals surface area contributed by atoms with Gasteiger partial charge in [-0.15, -0.1) is 6.58 Å². The Kier molecular flexibility index (Phi) is 3.74. The molecule has 0 aliphatic heterocycles. The minimum Gasteiger partial charge on any atom is -0.441 e. The molecular weight excluding hydrogens is 276 g/mol. The zero-order chi connectivity index (χ0) is 15.5. The van der Waals surface area contributed by atoms with Crippen LogP contribution >= 0.6 is 0 Å². The van der Waals surface area contributed by atoms with E-state index in [1.54, 1.807) is 36.1 Å². The van der Waals surface area contributed by atoms with Crippen molar-refractivity contribution < 1.29 is 9.21 Å². The molecular formula is C18H16N2O2. The Morgan fingerprint density at radius 1 is 1.27 bits per heavy atom. The number of nitrogens with zero attached hydrogens (tertiary/aromatic N) is 2. The zero-order valence-electron chi connectivity index (χ0n) is 12.3. The van der Waals surface area contributed by atoms with E-state index in [4.69, 9.17) is 4.42 Å². The fourth-order valence-corrected chi connectivity index (χ4v) is 2.37. The highest BCUT2D eigenvalue weighted by Crippen LogP contribution is 2.21. The van der Waals surface area contributed by atoms with Gasteiger partial charge < -0.3 is 9.32 Å². The lowest BCUT2D eigenvalue weighted by molar-refractivity contribution is 0.0990. The first-order chi connectivity index (χ1) is 10.7. The van der Waals surface area contributed by atoms with Crippen molar-refractivity contribution in [2.24, 2.45) is 0 Å². The van der Waals surface area contributed by atoms with E-state index in [0.717, 1.165) is 5.69 Å². The first-order valence-corrected chi connectivity index (χ1v) is 7.04. The first-order valence-electron chi connectivity index (χ1n) is 7.04. The molecule has 0 fully saturated rings. The maximum atomic E-state index is 12.8. The lowest BCUT2D eigenvalue weighted by Gasteiger charge is -2.21. The van der Waals surface area contributed by atoms with E-state index in [1.165, 1.54) is 0 Å². The van der Waals surface area contributed by atoms with Gasteiger partial charge in [-0.25, -0.2) is 4.98 Å². The normalized spacial score (nSPS) is 10.6. The molecule has 0 saturated carbocycles. The second-order valence-corrected chi connectivity index (χ2v) is 4.96. The third kappa shape index (κ3) is 2.63. The molecule has 0 aliphatic rings. The number of aryl methyl sites for hydroxylation is 1. The summed E-state index contributed by atoms with van der Waals surface area (Å²) in [5.74, 6) is 0.499. The number of hydrogen-bond donors (Lipinski definition) is 0. The van der Waals surface area contributed by atoms with Gasteiger partial charge in [0.25, 0.3) is 5.91 Å². The number of oxazole rings is 1. The van der Waals surface area contributed by atoms with Crippen molar-refractivity contribution in [2.45, 2.75) is 6.92 Å². The van der Waals surface area contributed by atoms with Gasteiger partial charge in [0.15, 0.2) is 11.5 Å². The molecule has 0 aliphatic carbocycles. The second-order valence-electron chi connectivity index (χ2n) is 4.96. The Morgan fingerprint density at radius 3 is 2.77 bits per heavy atom. The number of para-hydroxylation sites is 1. The van der Waals surface area contributed by atoms with E-state index in [9.17, 15) is 4.79 Å². The van der Waals surface area contributed by atoms with Gasteiger partial charge in [-0.2, -0.15) is 0 Å². The molecule has 110 valence electrons. The minimum atomic E-state index is -0.0892. The van der Waals surface area contributed by atoms with Gasteiger partial charge in [0.2, 0.25) is 0 Å². The number of carbonyl (C=O) groups is 1. The van der Waals surface area contributed by atoms with E-state index >= 15 is 0 Å². The topological polar surface area (TPSA) is 46.3 Å². The molecule has 1 heterocycles. The second kappa shape index (κ2) is 5.85. The van der Waals surface area contributed by atoms with Crippen LogP contribution in [0.2, 0.25) is 0 Å². The summed E-state index contributed by atoms with van der Waals surface area (Å²) < 4.78 is 5.44. The van der Waals surface area contributed by atoms with E-state index in [1.807, 2.05) is 30.3 Å². The first kappa shape index (κ1) is 14.1. The molecule has 3 aromatic rings. The van der Waals surface area contributed by atoms with E-state index in [-0.39, 0.29) is 5.91 Å². The highest BCUT2D eigenvalue weighted by molar-refractivity contribution is 6.07.